The topological polar surface area (TPSA) is 36.9 Å². The molecular weight excluding hydrogens is 297 g/mol. The molecule has 0 aliphatic rings. The van der Waals surface area contributed by atoms with Gasteiger partial charge in [0.25, 0.3) is 0 Å². The van der Waals surface area contributed by atoms with Crippen molar-refractivity contribution < 1.29 is 18.9 Å². The van der Waals surface area contributed by atoms with Gasteiger partial charge in [0.1, 0.15) is 0 Å². The minimum absolute atomic E-state index is 0. The summed E-state index contributed by atoms with van der Waals surface area (Å²) in [5, 5.41) is 0. The van der Waals surface area contributed by atoms with E-state index in [1.807, 2.05) is 0 Å². The third-order valence-electron chi connectivity index (χ3n) is 1.24. The summed E-state index contributed by atoms with van der Waals surface area (Å²) in [6.45, 7) is 3.77. The van der Waals surface area contributed by atoms with E-state index in [9.17, 15) is 0 Å². The molecular formula is C8H18BaO4. The molecule has 0 unspecified atom stereocenters. The van der Waals surface area contributed by atoms with Gasteiger partial charge in [-0.25, -0.2) is 0 Å². The molecule has 0 bridgehead atoms. The molecule has 13 heavy (non-hydrogen) atoms. The first-order valence-corrected chi connectivity index (χ1v) is 4.05. The van der Waals surface area contributed by atoms with Gasteiger partial charge < -0.3 is 18.9 Å². The summed E-state index contributed by atoms with van der Waals surface area (Å²) in [7, 11) is 3.30. The van der Waals surface area contributed by atoms with Crippen LogP contribution in [0.2, 0.25) is 0 Å². The average Bonchev–Trinajstić information content (AvgIpc) is 2.10. The minimum atomic E-state index is 0. The van der Waals surface area contributed by atoms with Gasteiger partial charge in [-0.15, -0.1) is 0 Å². The van der Waals surface area contributed by atoms with E-state index in [1.165, 1.54) is 0 Å². The Hall–Kier alpha value is 1.41. The monoisotopic (exact) mass is 316 g/mol. The van der Waals surface area contributed by atoms with Gasteiger partial charge in [0.2, 0.25) is 0 Å². The Bertz CT molecular complexity index is 72.5. The molecule has 0 rings (SSSR count). The van der Waals surface area contributed by atoms with Crippen LogP contribution in [-0.4, -0.2) is 103 Å². The first kappa shape index (κ1) is 16.8. The second-order valence-corrected chi connectivity index (χ2v) is 2.21. The zero-order valence-electron chi connectivity index (χ0n) is 8.58. The number of rotatable bonds is 9. The summed E-state index contributed by atoms with van der Waals surface area (Å²) in [6, 6.07) is 0. The van der Waals surface area contributed by atoms with Crippen LogP contribution in [0.25, 0.3) is 0 Å². The molecule has 4 nitrogen and oxygen atoms in total. The fraction of sp³-hybridized carbons (Fsp3) is 1.00. The molecule has 0 atom stereocenters. The van der Waals surface area contributed by atoms with Gasteiger partial charge in [0.15, 0.2) is 0 Å². The van der Waals surface area contributed by atoms with Crippen molar-refractivity contribution in [3.8, 4) is 0 Å². The molecule has 0 aliphatic carbocycles. The van der Waals surface area contributed by atoms with Crippen molar-refractivity contribution in [2.75, 3.05) is 53.9 Å². The number of hydrogen-bond acceptors (Lipinski definition) is 4. The SMILES string of the molecule is COCCOCCOCCOC.[Ba]. The van der Waals surface area contributed by atoms with E-state index >= 15 is 0 Å². The maximum atomic E-state index is 5.16. The van der Waals surface area contributed by atoms with Gasteiger partial charge in [0.05, 0.1) is 39.6 Å². The molecule has 0 N–H and O–H groups in total. The van der Waals surface area contributed by atoms with E-state index in [1.54, 1.807) is 14.2 Å². The number of methoxy groups -OCH3 is 2. The molecule has 0 aromatic rings. The minimum Gasteiger partial charge on any atom is -0.382 e. The van der Waals surface area contributed by atoms with Crippen LogP contribution in [0.1, 0.15) is 0 Å². The van der Waals surface area contributed by atoms with Gasteiger partial charge >= 0.3 is 0 Å². The third-order valence-corrected chi connectivity index (χ3v) is 1.24. The predicted octanol–water partition coefficient (Wildman–Crippen LogP) is -0.0684. The number of hydrogen-bond donors (Lipinski definition) is 0. The van der Waals surface area contributed by atoms with Gasteiger partial charge in [-0.1, -0.05) is 0 Å². The Kier molecular flexibility index (Phi) is 20.5. The normalized spacial score (nSPS) is 9.69. The zero-order valence-corrected chi connectivity index (χ0v) is 13.0. The van der Waals surface area contributed by atoms with Crippen LogP contribution in [0.4, 0.5) is 0 Å². The molecule has 2 radical (unpaired) electrons. The maximum absolute atomic E-state index is 5.16. The molecule has 0 aromatic heterocycles. The summed E-state index contributed by atoms with van der Waals surface area (Å²) in [5.74, 6) is 0. The summed E-state index contributed by atoms with van der Waals surface area (Å²) in [4.78, 5) is 0. The van der Waals surface area contributed by atoms with Gasteiger partial charge in [-0.3, -0.25) is 0 Å². The summed E-state index contributed by atoms with van der Waals surface area (Å²) < 4.78 is 19.9. The Labute approximate surface area is 120 Å². The smallest absolute Gasteiger partial charge is 0.0701 e. The van der Waals surface area contributed by atoms with Crippen molar-refractivity contribution in [1.29, 1.82) is 0 Å². The standard InChI is InChI=1S/C8H18O4.Ba/c1-9-3-5-11-7-8-12-6-4-10-2;/h3-8H2,1-2H3;. The summed E-state index contributed by atoms with van der Waals surface area (Å²) in [6.07, 6.45) is 0. The molecule has 0 spiro atoms. The van der Waals surface area contributed by atoms with Crippen LogP contribution < -0.4 is 0 Å². The number of ether oxygens (including phenoxy) is 4. The van der Waals surface area contributed by atoms with Crippen molar-refractivity contribution in [3.63, 3.8) is 0 Å². The second-order valence-electron chi connectivity index (χ2n) is 2.21. The van der Waals surface area contributed by atoms with E-state index in [0.717, 1.165) is 0 Å². The molecule has 0 fully saturated rings. The molecule has 0 amide bonds. The van der Waals surface area contributed by atoms with Gasteiger partial charge in [-0.2, -0.15) is 0 Å². The first-order chi connectivity index (χ1) is 5.91. The average molecular weight is 316 g/mol. The summed E-state index contributed by atoms with van der Waals surface area (Å²) >= 11 is 0. The van der Waals surface area contributed by atoms with Crippen LogP contribution in [-0.2, 0) is 18.9 Å². The van der Waals surface area contributed by atoms with Crippen molar-refractivity contribution in [3.05, 3.63) is 0 Å². The van der Waals surface area contributed by atoms with Crippen LogP contribution in [0.15, 0.2) is 0 Å². The Morgan fingerprint density at radius 2 is 0.923 bits per heavy atom. The van der Waals surface area contributed by atoms with Gasteiger partial charge in [0, 0.05) is 63.1 Å². The third kappa shape index (κ3) is 16.1. The maximum Gasteiger partial charge on any atom is 0.0701 e. The summed E-state index contributed by atoms with van der Waals surface area (Å²) in [5.41, 5.74) is 0. The Morgan fingerprint density at radius 3 is 1.23 bits per heavy atom. The van der Waals surface area contributed by atoms with Crippen molar-refractivity contribution in [2.45, 2.75) is 0 Å². The molecule has 0 aliphatic heterocycles. The van der Waals surface area contributed by atoms with E-state index in [0.29, 0.717) is 39.6 Å². The zero-order chi connectivity index (χ0) is 9.07. The quantitative estimate of drug-likeness (QED) is 0.441. The first-order valence-electron chi connectivity index (χ1n) is 4.05. The van der Waals surface area contributed by atoms with E-state index < -0.39 is 0 Å². The van der Waals surface area contributed by atoms with Crippen molar-refractivity contribution >= 4 is 48.9 Å². The van der Waals surface area contributed by atoms with E-state index in [-0.39, 0.29) is 48.9 Å². The van der Waals surface area contributed by atoms with Crippen LogP contribution >= 0.6 is 0 Å². The van der Waals surface area contributed by atoms with Crippen LogP contribution in [0.5, 0.6) is 0 Å². The molecule has 0 saturated heterocycles. The van der Waals surface area contributed by atoms with Crippen molar-refractivity contribution in [2.24, 2.45) is 0 Å². The van der Waals surface area contributed by atoms with Crippen molar-refractivity contribution in [1.82, 2.24) is 0 Å². The Balaban J connectivity index is 0. The molecule has 0 aromatic carbocycles. The fourth-order valence-electron chi connectivity index (χ4n) is 0.606. The van der Waals surface area contributed by atoms with E-state index in [2.05, 4.69) is 0 Å². The van der Waals surface area contributed by atoms with Crippen LogP contribution in [0.3, 0.4) is 0 Å². The van der Waals surface area contributed by atoms with E-state index in [4.69, 9.17) is 18.9 Å². The Morgan fingerprint density at radius 1 is 0.615 bits per heavy atom. The van der Waals surface area contributed by atoms with Gasteiger partial charge in [-0.05, 0) is 0 Å². The second kappa shape index (κ2) is 15.9. The molecule has 0 heterocycles. The fourth-order valence-corrected chi connectivity index (χ4v) is 0.606. The molecule has 0 saturated carbocycles. The predicted molar refractivity (Wildman–Crippen MR) is 51.1 cm³/mol. The molecule has 5 heteroatoms. The molecule has 76 valence electrons. The largest absolute Gasteiger partial charge is 0.382 e. The van der Waals surface area contributed by atoms with Crippen LogP contribution in [0, 0.1) is 0 Å².